The Kier molecular flexibility index (Phi) is 4.05. The molecule has 0 aliphatic carbocycles. The van der Waals surface area contributed by atoms with Crippen molar-refractivity contribution >= 4 is 17.4 Å². The van der Waals surface area contributed by atoms with Crippen LogP contribution in [-0.4, -0.2) is 24.8 Å². The van der Waals surface area contributed by atoms with Crippen LogP contribution in [0.15, 0.2) is 53.5 Å². The predicted molar refractivity (Wildman–Crippen MR) is 86.7 cm³/mol. The number of amides is 1. The van der Waals surface area contributed by atoms with Crippen molar-refractivity contribution in [3.63, 3.8) is 0 Å². The van der Waals surface area contributed by atoms with E-state index in [9.17, 15) is 4.79 Å². The van der Waals surface area contributed by atoms with Crippen LogP contribution in [0.2, 0.25) is 0 Å². The lowest BCUT2D eigenvalue weighted by Gasteiger charge is -2.08. The summed E-state index contributed by atoms with van der Waals surface area (Å²) in [5.74, 6) is 2.33. The van der Waals surface area contributed by atoms with Gasteiger partial charge in [-0.1, -0.05) is 0 Å². The molecular weight excluding hydrogens is 278 g/mol. The van der Waals surface area contributed by atoms with Crippen molar-refractivity contribution in [3.8, 4) is 11.5 Å². The van der Waals surface area contributed by atoms with E-state index >= 15 is 0 Å². The quantitative estimate of drug-likeness (QED) is 0.911. The number of carbonyl (C=O) groups excluding carboxylic acids is 1. The molecular formula is C17H17N3O2. The van der Waals surface area contributed by atoms with E-state index in [-0.39, 0.29) is 5.91 Å². The fourth-order valence-electron chi connectivity index (χ4n) is 2.22. The summed E-state index contributed by atoms with van der Waals surface area (Å²) >= 11 is 0. The van der Waals surface area contributed by atoms with Crippen molar-refractivity contribution in [3.05, 3.63) is 54.1 Å². The fraction of sp³-hybridized carbons (Fsp3) is 0.176. The first-order valence-corrected chi connectivity index (χ1v) is 7.15. The lowest BCUT2D eigenvalue weighted by molar-refractivity contribution is -0.114. The standard InChI is InChI=1S/C17H17N3O2/c1-12(21)20-14-4-8-16(9-5-14)22-15-6-2-13(3-7-15)17-18-10-11-19-17/h2-9H,10-11H2,1H3,(H,18,19)(H,20,21). The summed E-state index contributed by atoms with van der Waals surface area (Å²) in [6.45, 7) is 3.21. The van der Waals surface area contributed by atoms with Gasteiger partial charge in [0.25, 0.3) is 0 Å². The molecule has 1 aliphatic heterocycles. The molecule has 2 aromatic rings. The van der Waals surface area contributed by atoms with E-state index < -0.39 is 0 Å². The number of anilines is 1. The zero-order valence-electron chi connectivity index (χ0n) is 12.3. The highest BCUT2D eigenvalue weighted by molar-refractivity contribution is 5.99. The van der Waals surface area contributed by atoms with Crippen LogP contribution in [0.3, 0.4) is 0 Å². The number of rotatable bonds is 4. The molecule has 112 valence electrons. The molecule has 5 nitrogen and oxygen atoms in total. The van der Waals surface area contributed by atoms with E-state index in [1.807, 2.05) is 48.5 Å². The molecule has 1 amide bonds. The van der Waals surface area contributed by atoms with Gasteiger partial charge in [-0.2, -0.15) is 0 Å². The predicted octanol–water partition coefficient (Wildman–Crippen LogP) is 2.79. The van der Waals surface area contributed by atoms with Gasteiger partial charge >= 0.3 is 0 Å². The van der Waals surface area contributed by atoms with Crippen LogP contribution in [0, 0.1) is 0 Å². The summed E-state index contributed by atoms with van der Waals surface area (Å²) in [5.41, 5.74) is 1.81. The van der Waals surface area contributed by atoms with Crippen molar-refractivity contribution in [2.75, 3.05) is 18.4 Å². The minimum absolute atomic E-state index is 0.0901. The lowest BCUT2D eigenvalue weighted by atomic mass is 10.2. The minimum atomic E-state index is -0.0901. The Balaban J connectivity index is 1.66. The number of hydrogen-bond donors (Lipinski definition) is 2. The topological polar surface area (TPSA) is 62.7 Å². The molecule has 0 fully saturated rings. The van der Waals surface area contributed by atoms with Crippen LogP contribution in [0.25, 0.3) is 0 Å². The third-order valence-electron chi connectivity index (χ3n) is 3.21. The Hall–Kier alpha value is -2.82. The number of hydrogen-bond acceptors (Lipinski definition) is 4. The van der Waals surface area contributed by atoms with Gasteiger partial charge in [0.1, 0.15) is 17.3 Å². The van der Waals surface area contributed by atoms with Gasteiger partial charge in [-0.25, -0.2) is 0 Å². The van der Waals surface area contributed by atoms with Crippen LogP contribution in [-0.2, 0) is 4.79 Å². The Labute approximate surface area is 129 Å². The third-order valence-corrected chi connectivity index (χ3v) is 3.21. The molecule has 1 aliphatic rings. The minimum Gasteiger partial charge on any atom is -0.457 e. The average molecular weight is 295 g/mol. The summed E-state index contributed by atoms with van der Waals surface area (Å²) in [5, 5.41) is 5.96. The molecule has 0 unspecified atom stereocenters. The lowest BCUT2D eigenvalue weighted by Crippen LogP contribution is -2.19. The summed E-state index contributed by atoms with van der Waals surface area (Å²) in [6, 6.07) is 15.1. The highest BCUT2D eigenvalue weighted by Crippen LogP contribution is 2.23. The second-order valence-corrected chi connectivity index (χ2v) is 4.99. The Morgan fingerprint density at radius 2 is 1.73 bits per heavy atom. The maximum atomic E-state index is 11.0. The van der Waals surface area contributed by atoms with Gasteiger partial charge in [0.05, 0.1) is 6.54 Å². The van der Waals surface area contributed by atoms with E-state index in [4.69, 9.17) is 4.74 Å². The molecule has 0 aromatic heterocycles. The second-order valence-electron chi connectivity index (χ2n) is 4.99. The third kappa shape index (κ3) is 3.44. The molecule has 1 heterocycles. The van der Waals surface area contributed by atoms with E-state index in [2.05, 4.69) is 15.6 Å². The van der Waals surface area contributed by atoms with Crippen LogP contribution in [0.1, 0.15) is 12.5 Å². The van der Waals surface area contributed by atoms with Gasteiger partial charge in [0.15, 0.2) is 0 Å². The van der Waals surface area contributed by atoms with Crippen molar-refractivity contribution in [1.29, 1.82) is 0 Å². The molecule has 2 N–H and O–H groups in total. The Bertz CT molecular complexity index is 691. The maximum absolute atomic E-state index is 11.0. The zero-order chi connectivity index (χ0) is 15.4. The van der Waals surface area contributed by atoms with Crippen LogP contribution < -0.4 is 15.4 Å². The van der Waals surface area contributed by atoms with Crippen LogP contribution >= 0.6 is 0 Å². The van der Waals surface area contributed by atoms with E-state index in [0.29, 0.717) is 0 Å². The molecule has 0 saturated carbocycles. The normalized spacial score (nSPS) is 13.2. The van der Waals surface area contributed by atoms with Gasteiger partial charge < -0.3 is 15.4 Å². The molecule has 0 atom stereocenters. The molecule has 0 spiro atoms. The number of aliphatic imine (C=N–C) groups is 1. The van der Waals surface area contributed by atoms with Crippen LogP contribution in [0.4, 0.5) is 5.69 Å². The Morgan fingerprint density at radius 1 is 1.09 bits per heavy atom. The van der Waals surface area contributed by atoms with Crippen LogP contribution in [0.5, 0.6) is 11.5 Å². The zero-order valence-corrected chi connectivity index (χ0v) is 12.3. The van der Waals surface area contributed by atoms with Crippen molar-refractivity contribution in [2.24, 2.45) is 4.99 Å². The van der Waals surface area contributed by atoms with Gasteiger partial charge in [0, 0.05) is 24.7 Å². The molecule has 2 aromatic carbocycles. The number of ether oxygens (including phenoxy) is 1. The maximum Gasteiger partial charge on any atom is 0.221 e. The number of benzene rings is 2. The first kappa shape index (κ1) is 14.1. The number of nitrogens with one attached hydrogen (secondary N) is 2. The fourth-order valence-corrected chi connectivity index (χ4v) is 2.22. The van der Waals surface area contributed by atoms with E-state index in [1.54, 1.807) is 0 Å². The van der Waals surface area contributed by atoms with Gasteiger partial charge in [0.2, 0.25) is 5.91 Å². The molecule has 0 radical (unpaired) electrons. The smallest absolute Gasteiger partial charge is 0.221 e. The number of amidine groups is 1. The molecule has 3 rings (SSSR count). The highest BCUT2D eigenvalue weighted by Gasteiger charge is 2.07. The van der Waals surface area contributed by atoms with Gasteiger partial charge in [-0.05, 0) is 48.5 Å². The van der Waals surface area contributed by atoms with Crippen molar-refractivity contribution in [1.82, 2.24) is 5.32 Å². The molecule has 22 heavy (non-hydrogen) atoms. The number of carbonyl (C=O) groups is 1. The monoisotopic (exact) mass is 295 g/mol. The molecule has 5 heteroatoms. The first-order valence-electron chi connectivity index (χ1n) is 7.15. The summed E-state index contributed by atoms with van der Waals surface area (Å²) in [6.07, 6.45) is 0. The van der Waals surface area contributed by atoms with Crippen molar-refractivity contribution in [2.45, 2.75) is 6.92 Å². The van der Waals surface area contributed by atoms with Gasteiger partial charge in [-0.3, -0.25) is 9.79 Å². The SMILES string of the molecule is CC(=O)Nc1ccc(Oc2ccc(C3=NCCN3)cc2)cc1. The largest absolute Gasteiger partial charge is 0.457 e. The number of nitrogens with zero attached hydrogens (tertiary/aromatic N) is 1. The average Bonchev–Trinajstić information content (AvgIpc) is 3.04. The molecule has 0 saturated heterocycles. The Morgan fingerprint density at radius 3 is 2.27 bits per heavy atom. The summed E-state index contributed by atoms with van der Waals surface area (Å²) < 4.78 is 5.78. The molecule has 0 bridgehead atoms. The summed E-state index contributed by atoms with van der Waals surface area (Å²) in [4.78, 5) is 15.4. The van der Waals surface area contributed by atoms with Gasteiger partial charge in [-0.15, -0.1) is 0 Å². The van der Waals surface area contributed by atoms with Crippen molar-refractivity contribution < 1.29 is 9.53 Å². The first-order chi connectivity index (χ1) is 10.7. The second kappa shape index (κ2) is 6.30. The van der Waals surface area contributed by atoms with E-state index in [0.717, 1.165) is 41.7 Å². The van der Waals surface area contributed by atoms with E-state index in [1.165, 1.54) is 6.92 Å². The highest BCUT2D eigenvalue weighted by atomic mass is 16.5. The summed E-state index contributed by atoms with van der Waals surface area (Å²) in [7, 11) is 0.